The summed E-state index contributed by atoms with van der Waals surface area (Å²) in [6.07, 6.45) is 2.38. The minimum absolute atomic E-state index is 0.0398. The molecule has 5 nitrogen and oxygen atoms in total. The zero-order chi connectivity index (χ0) is 14.8. The fraction of sp³-hybridized carbons (Fsp3) is 0.267. The highest BCUT2D eigenvalue weighted by molar-refractivity contribution is 6.28. The second kappa shape index (κ2) is 5.69. The van der Waals surface area contributed by atoms with Crippen LogP contribution in [0.4, 0.5) is 5.69 Å². The molecule has 21 heavy (non-hydrogen) atoms. The van der Waals surface area contributed by atoms with Gasteiger partial charge in [0.15, 0.2) is 0 Å². The molecule has 2 aromatic rings. The lowest BCUT2D eigenvalue weighted by Gasteiger charge is -2.09. The molecule has 0 spiro atoms. The Morgan fingerprint density at radius 3 is 3.10 bits per heavy atom. The minimum atomic E-state index is -0.297. The van der Waals surface area contributed by atoms with E-state index in [0.717, 1.165) is 23.4 Å². The van der Waals surface area contributed by atoms with Crippen LogP contribution in [0, 0.1) is 0 Å². The van der Waals surface area contributed by atoms with Crippen LogP contribution < -0.4 is 5.32 Å². The molecule has 0 saturated heterocycles. The number of nitrogens with one attached hydrogen (secondary N) is 1. The van der Waals surface area contributed by atoms with Crippen LogP contribution in [0.2, 0.25) is 5.28 Å². The van der Waals surface area contributed by atoms with E-state index in [-0.39, 0.29) is 17.3 Å². The molecular weight excluding hydrogens is 290 g/mol. The molecule has 0 amide bonds. The molecule has 1 aliphatic rings. The number of esters is 1. The molecule has 2 heterocycles. The number of hydrogen-bond acceptors (Lipinski definition) is 5. The van der Waals surface area contributed by atoms with Gasteiger partial charge in [-0.05, 0) is 48.4 Å². The Labute approximate surface area is 127 Å². The Morgan fingerprint density at radius 2 is 2.33 bits per heavy atom. The molecule has 108 valence electrons. The molecule has 0 fully saturated rings. The van der Waals surface area contributed by atoms with E-state index < -0.39 is 0 Å². The summed E-state index contributed by atoms with van der Waals surface area (Å²) in [5.74, 6) is -0.297. The molecule has 0 bridgehead atoms. The molecule has 1 aromatic carbocycles. The summed E-state index contributed by atoms with van der Waals surface area (Å²) in [6, 6.07) is 7.40. The van der Waals surface area contributed by atoms with Crippen molar-refractivity contribution < 1.29 is 9.53 Å². The summed E-state index contributed by atoms with van der Waals surface area (Å²) in [4.78, 5) is 19.9. The highest BCUT2D eigenvalue weighted by atomic mass is 35.5. The third kappa shape index (κ3) is 2.83. The molecule has 1 aromatic heterocycles. The molecule has 1 aliphatic heterocycles. The average molecular weight is 304 g/mol. The van der Waals surface area contributed by atoms with Gasteiger partial charge in [0.05, 0.1) is 23.9 Å². The molecule has 0 aliphatic carbocycles. The van der Waals surface area contributed by atoms with Gasteiger partial charge < -0.3 is 10.1 Å². The number of aromatic nitrogens is 2. The molecular formula is C15H14ClN3O2. The van der Waals surface area contributed by atoms with Crippen LogP contribution in [0.1, 0.15) is 34.6 Å². The van der Waals surface area contributed by atoms with E-state index in [1.807, 2.05) is 18.2 Å². The second-order valence-corrected chi connectivity index (χ2v) is 5.08. The summed E-state index contributed by atoms with van der Waals surface area (Å²) in [5, 5.41) is 3.61. The van der Waals surface area contributed by atoms with Crippen molar-refractivity contribution in [2.24, 2.45) is 0 Å². The normalized spacial score (nSPS) is 16.2. The standard InChI is InChI=1S/C15H14ClN3O2/c1-2-21-14(20)9-3-4-11-10(7-9)8-13(18-11)12-5-6-17-15(16)19-12/h3-7,13,18H,2,8H2,1H3. The van der Waals surface area contributed by atoms with Gasteiger partial charge in [-0.2, -0.15) is 0 Å². The Morgan fingerprint density at radius 1 is 1.48 bits per heavy atom. The molecule has 6 heteroatoms. The lowest BCUT2D eigenvalue weighted by Crippen LogP contribution is -2.08. The van der Waals surface area contributed by atoms with Crippen LogP contribution in [0.25, 0.3) is 0 Å². The van der Waals surface area contributed by atoms with Crippen molar-refractivity contribution in [3.05, 3.63) is 52.6 Å². The third-order valence-electron chi connectivity index (χ3n) is 3.37. The van der Waals surface area contributed by atoms with Gasteiger partial charge in [-0.25, -0.2) is 14.8 Å². The number of benzene rings is 1. The van der Waals surface area contributed by atoms with Crippen molar-refractivity contribution in [1.82, 2.24) is 9.97 Å². The number of fused-ring (bicyclic) bond motifs is 1. The van der Waals surface area contributed by atoms with E-state index in [4.69, 9.17) is 16.3 Å². The van der Waals surface area contributed by atoms with Gasteiger partial charge in [-0.15, -0.1) is 0 Å². The van der Waals surface area contributed by atoms with Gasteiger partial charge >= 0.3 is 5.97 Å². The van der Waals surface area contributed by atoms with Gasteiger partial charge in [-0.3, -0.25) is 0 Å². The zero-order valence-corrected chi connectivity index (χ0v) is 12.2. The van der Waals surface area contributed by atoms with Crippen LogP contribution in [-0.2, 0) is 11.2 Å². The van der Waals surface area contributed by atoms with Crippen LogP contribution in [0.15, 0.2) is 30.5 Å². The largest absolute Gasteiger partial charge is 0.462 e. The number of carbonyl (C=O) groups excluding carboxylic acids is 1. The molecule has 1 atom stereocenters. The minimum Gasteiger partial charge on any atom is -0.462 e. The van der Waals surface area contributed by atoms with Crippen LogP contribution in [0.3, 0.4) is 0 Å². The van der Waals surface area contributed by atoms with E-state index in [0.29, 0.717) is 12.2 Å². The van der Waals surface area contributed by atoms with Gasteiger partial charge in [0.2, 0.25) is 5.28 Å². The van der Waals surface area contributed by atoms with Crippen molar-refractivity contribution in [2.45, 2.75) is 19.4 Å². The lowest BCUT2D eigenvalue weighted by atomic mass is 10.1. The number of carbonyl (C=O) groups is 1. The third-order valence-corrected chi connectivity index (χ3v) is 3.56. The number of rotatable bonds is 3. The number of anilines is 1. The predicted octanol–water partition coefficient (Wildman–Crippen LogP) is 3.02. The maximum Gasteiger partial charge on any atom is 0.338 e. The number of halogens is 1. The fourth-order valence-corrected chi connectivity index (χ4v) is 2.58. The number of nitrogens with zero attached hydrogens (tertiary/aromatic N) is 2. The van der Waals surface area contributed by atoms with Gasteiger partial charge in [0.1, 0.15) is 0 Å². The highest BCUT2D eigenvalue weighted by Crippen LogP contribution is 2.34. The maximum atomic E-state index is 11.8. The summed E-state index contributed by atoms with van der Waals surface area (Å²) in [7, 11) is 0. The van der Waals surface area contributed by atoms with E-state index in [1.54, 1.807) is 19.2 Å². The SMILES string of the molecule is CCOC(=O)c1ccc2c(c1)CC(c1ccnc(Cl)n1)N2. The number of ether oxygens (including phenoxy) is 1. The fourth-order valence-electron chi connectivity index (χ4n) is 2.42. The van der Waals surface area contributed by atoms with E-state index in [1.165, 1.54) is 0 Å². The molecule has 0 radical (unpaired) electrons. The molecule has 1 N–H and O–H groups in total. The topological polar surface area (TPSA) is 64.1 Å². The van der Waals surface area contributed by atoms with Crippen molar-refractivity contribution in [3.8, 4) is 0 Å². The quantitative estimate of drug-likeness (QED) is 0.697. The summed E-state index contributed by atoms with van der Waals surface area (Å²) < 4.78 is 5.02. The first-order valence-corrected chi connectivity index (χ1v) is 7.10. The van der Waals surface area contributed by atoms with Crippen LogP contribution >= 0.6 is 11.6 Å². The molecule has 0 saturated carbocycles. The Bertz CT molecular complexity index is 690. The van der Waals surface area contributed by atoms with Crippen molar-refractivity contribution >= 4 is 23.3 Å². The summed E-state index contributed by atoms with van der Waals surface area (Å²) in [5.41, 5.74) is 3.48. The van der Waals surface area contributed by atoms with Crippen LogP contribution in [0.5, 0.6) is 0 Å². The first-order chi connectivity index (χ1) is 10.2. The second-order valence-electron chi connectivity index (χ2n) is 4.74. The van der Waals surface area contributed by atoms with Gasteiger partial charge in [0, 0.05) is 18.3 Å². The van der Waals surface area contributed by atoms with E-state index in [9.17, 15) is 4.79 Å². The van der Waals surface area contributed by atoms with Crippen LogP contribution in [-0.4, -0.2) is 22.5 Å². The highest BCUT2D eigenvalue weighted by Gasteiger charge is 2.24. The zero-order valence-electron chi connectivity index (χ0n) is 11.5. The average Bonchev–Trinajstić information content (AvgIpc) is 2.90. The first-order valence-electron chi connectivity index (χ1n) is 6.72. The van der Waals surface area contributed by atoms with Gasteiger partial charge in [-0.1, -0.05) is 0 Å². The number of hydrogen-bond donors (Lipinski definition) is 1. The lowest BCUT2D eigenvalue weighted by molar-refractivity contribution is 0.0526. The van der Waals surface area contributed by atoms with E-state index in [2.05, 4.69) is 15.3 Å². The van der Waals surface area contributed by atoms with Gasteiger partial charge in [0.25, 0.3) is 0 Å². The Kier molecular flexibility index (Phi) is 3.75. The summed E-state index contributed by atoms with van der Waals surface area (Å²) >= 11 is 5.82. The van der Waals surface area contributed by atoms with Crippen molar-refractivity contribution in [1.29, 1.82) is 0 Å². The Hall–Kier alpha value is -2.14. The molecule has 1 unspecified atom stereocenters. The molecule has 3 rings (SSSR count). The Balaban J connectivity index is 1.83. The smallest absolute Gasteiger partial charge is 0.338 e. The monoisotopic (exact) mass is 303 g/mol. The van der Waals surface area contributed by atoms with Crippen molar-refractivity contribution in [2.75, 3.05) is 11.9 Å². The predicted molar refractivity (Wildman–Crippen MR) is 79.5 cm³/mol. The summed E-state index contributed by atoms with van der Waals surface area (Å²) in [6.45, 7) is 2.16. The van der Waals surface area contributed by atoms with E-state index >= 15 is 0 Å². The maximum absolute atomic E-state index is 11.8. The first kappa shape index (κ1) is 13.8. The van der Waals surface area contributed by atoms with Crippen molar-refractivity contribution in [3.63, 3.8) is 0 Å².